The van der Waals surface area contributed by atoms with Crippen molar-refractivity contribution in [3.05, 3.63) is 33.5 Å². The van der Waals surface area contributed by atoms with E-state index in [1.54, 1.807) is 11.3 Å². The van der Waals surface area contributed by atoms with Crippen LogP contribution in [0.25, 0.3) is 0 Å². The van der Waals surface area contributed by atoms with Crippen LogP contribution in [0.5, 0.6) is 0 Å². The molecule has 0 aliphatic heterocycles. The lowest BCUT2D eigenvalue weighted by atomic mass is 10.1. The van der Waals surface area contributed by atoms with E-state index in [4.69, 9.17) is 0 Å². The van der Waals surface area contributed by atoms with Crippen LogP contribution in [0.15, 0.2) is 11.6 Å². The number of hydrogen-bond acceptors (Lipinski definition) is 4. The zero-order valence-electron chi connectivity index (χ0n) is 11.4. The SMILES string of the molecule is CCC(NCc1c(C)nn(C)c1C)c1nccs1. The van der Waals surface area contributed by atoms with Crippen LogP contribution >= 0.6 is 11.3 Å². The minimum Gasteiger partial charge on any atom is -0.304 e. The average Bonchev–Trinajstić information content (AvgIpc) is 2.94. The minimum absolute atomic E-state index is 0.337. The summed E-state index contributed by atoms with van der Waals surface area (Å²) in [5, 5.41) is 11.2. The molecule has 4 nitrogen and oxygen atoms in total. The maximum Gasteiger partial charge on any atom is 0.109 e. The molecule has 2 heterocycles. The lowest BCUT2D eigenvalue weighted by Gasteiger charge is -2.14. The van der Waals surface area contributed by atoms with Crippen LogP contribution in [-0.4, -0.2) is 14.8 Å². The number of hydrogen-bond donors (Lipinski definition) is 1. The fourth-order valence-electron chi connectivity index (χ4n) is 2.11. The normalized spacial score (nSPS) is 12.9. The third kappa shape index (κ3) is 2.62. The van der Waals surface area contributed by atoms with Gasteiger partial charge in [0.25, 0.3) is 0 Å². The molecule has 2 aromatic rings. The largest absolute Gasteiger partial charge is 0.304 e. The van der Waals surface area contributed by atoms with Crippen molar-refractivity contribution in [2.24, 2.45) is 7.05 Å². The van der Waals surface area contributed by atoms with E-state index in [9.17, 15) is 0 Å². The maximum atomic E-state index is 4.44. The van der Waals surface area contributed by atoms with Crippen molar-refractivity contribution in [3.63, 3.8) is 0 Å². The summed E-state index contributed by atoms with van der Waals surface area (Å²) in [6, 6.07) is 0.337. The van der Waals surface area contributed by atoms with E-state index in [1.807, 2.05) is 23.3 Å². The number of nitrogens with one attached hydrogen (secondary N) is 1. The summed E-state index contributed by atoms with van der Waals surface area (Å²) in [5.41, 5.74) is 3.64. The van der Waals surface area contributed by atoms with Gasteiger partial charge in [0.1, 0.15) is 5.01 Å². The Labute approximate surface area is 112 Å². The first-order valence-corrected chi connectivity index (χ1v) is 7.13. The first-order chi connectivity index (χ1) is 8.63. The number of rotatable bonds is 5. The Bertz CT molecular complexity index is 501. The van der Waals surface area contributed by atoms with Gasteiger partial charge >= 0.3 is 0 Å². The Kier molecular flexibility index (Phi) is 4.14. The molecule has 2 aromatic heterocycles. The molecule has 18 heavy (non-hydrogen) atoms. The summed E-state index contributed by atoms with van der Waals surface area (Å²) in [6.45, 7) is 7.21. The van der Waals surface area contributed by atoms with E-state index in [-0.39, 0.29) is 0 Å². The summed E-state index contributed by atoms with van der Waals surface area (Å²) >= 11 is 1.71. The van der Waals surface area contributed by atoms with Gasteiger partial charge in [0, 0.05) is 36.4 Å². The average molecular weight is 264 g/mol. The van der Waals surface area contributed by atoms with Crippen LogP contribution in [-0.2, 0) is 13.6 Å². The Morgan fingerprint density at radius 1 is 1.44 bits per heavy atom. The highest BCUT2D eigenvalue weighted by atomic mass is 32.1. The molecule has 0 aliphatic rings. The monoisotopic (exact) mass is 264 g/mol. The zero-order valence-corrected chi connectivity index (χ0v) is 12.2. The van der Waals surface area contributed by atoms with Gasteiger partial charge < -0.3 is 5.32 Å². The summed E-state index contributed by atoms with van der Waals surface area (Å²) in [6.07, 6.45) is 2.91. The van der Waals surface area contributed by atoms with Crippen molar-refractivity contribution in [1.82, 2.24) is 20.1 Å². The Hall–Kier alpha value is -1.20. The Morgan fingerprint density at radius 2 is 2.22 bits per heavy atom. The quantitative estimate of drug-likeness (QED) is 0.903. The van der Waals surface area contributed by atoms with E-state index in [0.717, 1.165) is 23.7 Å². The highest BCUT2D eigenvalue weighted by Crippen LogP contribution is 2.20. The smallest absolute Gasteiger partial charge is 0.109 e. The van der Waals surface area contributed by atoms with Gasteiger partial charge in [0.15, 0.2) is 0 Å². The van der Waals surface area contributed by atoms with Crippen molar-refractivity contribution in [2.45, 2.75) is 39.8 Å². The predicted octanol–water partition coefficient (Wildman–Crippen LogP) is 2.73. The van der Waals surface area contributed by atoms with Gasteiger partial charge in [0.05, 0.1) is 11.7 Å². The van der Waals surface area contributed by atoms with Crippen molar-refractivity contribution in [3.8, 4) is 0 Å². The maximum absolute atomic E-state index is 4.44. The van der Waals surface area contributed by atoms with Gasteiger partial charge in [-0.2, -0.15) is 5.10 Å². The fraction of sp³-hybridized carbons (Fsp3) is 0.538. The van der Waals surface area contributed by atoms with Gasteiger partial charge in [-0.1, -0.05) is 6.92 Å². The van der Waals surface area contributed by atoms with Gasteiger partial charge in [-0.05, 0) is 20.3 Å². The lowest BCUT2D eigenvalue weighted by Crippen LogP contribution is -2.20. The van der Waals surface area contributed by atoms with Crippen molar-refractivity contribution in [2.75, 3.05) is 0 Å². The third-order valence-electron chi connectivity index (χ3n) is 3.34. The summed E-state index contributed by atoms with van der Waals surface area (Å²) in [7, 11) is 1.99. The molecular formula is C13H20N4S. The van der Waals surface area contributed by atoms with E-state index in [1.165, 1.54) is 11.3 Å². The van der Waals surface area contributed by atoms with Crippen LogP contribution in [0.1, 0.15) is 41.3 Å². The van der Waals surface area contributed by atoms with Crippen molar-refractivity contribution >= 4 is 11.3 Å². The molecule has 0 saturated heterocycles. The van der Waals surface area contributed by atoms with Crippen LogP contribution in [0, 0.1) is 13.8 Å². The highest BCUT2D eigenvalue weighted by Gasteiger charge is 2.14. The molecule has 0 fully saturated rings. The molecule has 5 heteroatoms. The van der Waals surface area contributed by atoms with Gasteiger partial charge in [-0.15, -0.1) is 11.3 Å². The first-order valence-electron chi connectivity index (χ1n) is 6.25. The third-order valence-corrected chi connectivity index (χ3v) is 4.23. The molecule has 0 amide bonds. The minimum atomic E-state index is 0.337. The first kappa shape index (κ1) is 13.2. The van der Waals surface area contributed by atoms with E-state index < -0.39 is 0 Å². The van der Waals surface area contributed by atoms with Crippen LogP contribution < -0.4 is 5.32 Å². The summed E-state index contributed by atoms with van der Waals surface area (Å²) < 4.78 is 1.94. The van der Waals surface area contributed by atoms with Gasteiger partial charge in [0.2, 0.25) is 0 Å². The van der Waals surface area contributed by atoms with E-state index >= 15 is 0 Å². The zero-order chi connectivity index (χ0) is 13.1. The van der Waals surface area contributed by atoms with Crippen LogP contribution in [0.3, 0.4) is 0 Å². The number of nitrogens with zero attached hydrogens (tertiary/aromatic N) is 3. The second kappa shape index (κ2) is 5.63. The lowest BCUT2D eigenvalue weighted by molar-refractivity contribution is 0.514. The second-order valence-electron chi connectivity index (χ2n) is 4.49. The molecule has 0 bridgehead atoms. The molecule has 1 unspecified atom stereocenters. The fourth-order valence-corrected chi connectivity index (χ4v) is 2.91. The molecular weight excluding hydrogens is 244 g/mol. The molecule has 0 saturated carbocycles. The highest BCUT2D eigenvalue weighted by molar-refractivity contribution is 7.09. The Balaban J connectivity index is 2.06. The van der Waals surface area contributed by atoms with Crippen molar-refractivity contribution in [1.29, 1.82) is 0 Å². The van der Waals surface area contributed by atoms with Gasteiger partial charge in [-0.25, -0.2) is 4.98 Å². The molecule has 0 radical (unpaired) electrons. The molecule has 1 N–H and O–H groups in total. The molecule has 0 spiro atoms. The number of aryl methyl sites for hydroxylation is 2. The molecule has 98 valence electrons. The number of aromatic nitrogens is 3. The summed E-state index contributed by atoms with van der Waals surface area (Å²) in [5.74, 6) is 0. The van der Waals surface area contributed by atoms with Gasteiger partial charge in [-0.3, -0.25) is 4.68 Å². The molecule has 2 rings (SSSR count). The van der Waals surface area contributed by atoms with E-state index in [2.05, 4.69) is 36.2 Å². The molecule has 0 aromatic carbocycles. The van der Waals surface area contributed by atoms with Crippen molar-refractivity contribution < 1.29 is 0 Å². The molecule has 0 aliphatic carbocycles. The number of thiazole rings is 1. The second-order valence-corrected chi connectivity index (χ2v) is 5.41. The molecule has 1 atom stereocenters. The van der Waals surface area contributed by atoms with E-state index in [0.29, 0.717) is 6.04 Å². The summed E-state index contributed by atoms with van der Waals surface area (Å²) in [4.78, 5) is 4.38. The topological polar surface area (TPSA) is 42.7 Å². The predicted molar refractivity (Wildman–Crippen MR) is 74.7 cm³/mol. The van der Waals surface area contributed by atoms with Crippen LogP contribution in [0.2, 0.25) is 0 Å². The van der Waals surface area contributed by atoms with Crippen LogP contribution in [0.4, 0.5) is 0 Å². The Morgan fingerprint density at radius 3 is 2.72 bits per heavy atom. The standard InChI is InChI=1S/C13H20N4S/c1-5-12(13-14-6-7-18-13)15-8-11-9(2)16-17(4)10(11)3/h6-7,12,15H,5,8H2,1-4H3.